The molecule has 0 aliphatic heterocycles. The first-order valence-electron chi connectivity index (χ1n) is 3.91. The normalized spacial score (nSPS) is 15.5. The number of aliphatic hydroxyl groups is 1. The van der Waals surface area contributed by atoms with E-state index in [0.29, 0.717) is 10.6 Å². The first-order chi connectivity index (χ1) is 6.04. The predicted molar refractivity (Wildman–Crippen MR) is 57.8 cm³/mol. The second kappa shape index (κ2) is 4.42. The summed E-state index contributed by atoms with van der Waals surface area (Å²) >= 11 is 9.25. The molecule has 2 nitrogen and oxygen atoms in total. The maximum absolute atomic E-state index is 9.67. The van der Waals surface area contributed by atoms with Crippen LogP contribution >= 0.6 is 27.5 Å². The average molecular weight is 265 g/mol. The van der Waals surface area contributed by atoms with E-state index in [9.17, 15) is 5.11 Å². The summed E-state index contributed by atoms with van der Waals surface area (Å²) < 4.78 is 0.770. The zero-order valence-electron chi connectivity index (χ0n) is 7.17. The van der Waals surface area contributed by atoms with Crippen LogP contribution in [0, 0.1) is 0 Å². The van der Waals surface area contributed by atoms with Crippen molar-refractivity contribution in [3.8, 4) is 0 Å². The third kappa shape index (κ3) is 2.44. The number of nitrogens with two attached hydrogens (primary N) is 1. The molecule has 0 amide bonds. The lowest BCUT2D eigenvalue weighted by molar-refractivity contribution is 0.153. The maximum Gasteiger partial charge on any atom is 0.0952 e. The van der Waals surface area contributed by atoms with Gasteiger partial charge in [-0.2, -0.15) is 0 Å². The molecule has 4 heteroatoms. The van der Waals surface area contributed by atoms with E-state index in [-0.39, 0.29) is 6.04 Å². The van der Waals surface area contributed by atoms with Gasteiger partial charge in [-0.1, -0.05) is 23.7 Å². The molecule has 0 aliphatic rings. The fourth-order valence-corrected chi connectivity index (χ4v) is 1.65. The molecule has 13 heavy (non-hydrogen) atoms. The Morgan fingerprint density at radius 1 is 1.54 bits per heavy atom. The maximum atomic E-state index is 9.67. The fraction of sp³-hybridized carbons (Fsp3) is 0.333. The quantitative estimate of drug-likeness (QED) is 0.862. The molecule has 1 aromatic rings. The first kappa shape index (κ1) is 11.0. The van der Waals surface area contributed by atoms with Crippen LogP contribution in [0.5, 0.6) is 0 Å². The van der Waals surface area contributed by atoms with Crippen molar-refractivity contribution >= 4 is 27.5 Å². The van der Waals surface area contributed by atoms with Crippen molar-refractivity contribution in [3.05, 3.63) is 33.3 Å². The van der Waals surface area contributed by atoms with Crippen LogP contribution in [0.1, 0.15) is 18.6 Å². The molecule has 2 atom stereocenters. The van der Waals surface area contributed by atoms with E-state index in [4.69, 9.17) is 17.3 Å². The van der Waals surface area contributed by atoms with Crippen LogP contribution in [0.25, 0.3) is 0 Å². The van der Waals surface area contributed by atoms with Gasteiger partial charge in [-0.15, -0.1) is 0 Å². The molecular formula is C9H11BrClNO. The number of halogens is 2. The third-order valence-corrected chi connectivity index (χ3v) is 3.11. The van der Waals surface area contributed by atoms with Crippen LogP contribution in [0.3, 0.4) is 0 Å². The minimum absolute atomic E-state index is 0.327. The van der Waals surface area contributed by atoms with Crippen molar-refractivity contribution in [2.24, 2.45) is 5.73 Å². The van der Waals surface area contributed by atoms with Gasteiger partial charge in [-0.3, -0.25) is 0 Å². The topological polar surface area (TPSA) is 46.2 Å². The Hall–Kier alpha value is -0.0900. The van der Waals surface area contributed by atoms with Crippen LogP contribution in [-0.4, -0.2) is 11.1 Å². The highest BCUT2D eigenvalue weighted by molar-refractivity contribution is 9.10. The molecule has 0 saturated carbocycles. The molecule has 0 heterocycles. The summed E-state index contributed by atoms with van der Waals surface area (Å²) in [5.74, 6) is 0. The van der Waals surface area contributed by atoms with E-state index in [2.05, 4.69) is 15.9 Å². The molecule has 0 unspecified atom stereocenters. The molecule has 0 radical (unpaired) electrons. The molecule has 0 spiro atoms. The second-order valence-corrected chi connectivity index (χ2v) is 4.18. The Kier molecular flexibility index (Phi) is 3.74. The monoisotopic (exact) mass is 263 g/mol. The van der Waals surface area contributed by atoms with E-state index in [1.807, 2.05) is 12.1 Å². The summed E-state index contributed by atoms with van der Waals surface area (Å²) in [6.45, 7) is 1.74. The lowest BCUT2D eigenvalue weighted by atomic mass is 10.0. The zero-order chi connectivity index (χ0) is 10.0. The van der Waals surface area contributed by atoms with Crippen LogP contribution in [0.4, 0.5) is 0 Å². The number of hydrogen-bond acceptors (Lipinski definition) is 2. The predicted octanol–water partition coefficient (Wildman–Crippen LogP) is 2.48. The van der Waals surface area contributed by atoms with Crippen molar-refractivity contribution in [2.45, 2.75) is 19.1 Å². The summed E-state index contributed by atoms with van der Waals surface area (Å²) in [4.78, 5) is 0. The van der Waals surface area contributed by atoms with E-state index in [1.165, 1.54) is 0 Å². The van der Waals surface area contributed by atoms with Gasteiger partial charge in [0.05, 0.1) is 11.1 Å². The molecule has 0 fully saturated rings. The highest BCUT2D eigenvalue weighted by Gasteiger charge is 2.16. The van der Waals surface area contributed by atoms with Crippen molar-refractivity contribution < 1.29 is 5.11 Å². The van der Waals surface area contributed by atoms with Crippen molar-refractivity contribution in [3.63, 3.8) is 0 Å². The van der Waals surface area contributed by atoms with Gasteiger partial charge >= 0.3 is 0 Å². The van der Waals surface area contributed by atoms with Gasteiger partial charge in [0.25, 0.3) is 0 Å². The molecule has 0 saturated heterocycles. The molecule has 0 bridgehead atoms. The smallest absolute Gasteiger partial charge is 0.0952 e. The van der Waals surface area contributed by atoms with Crippen LogP contribution < -0.4 is 5.73 Å². The van der Waals surface area contributed by atoms with E-state index >= 15 is 0 Å². The first-order valence-corrected chi connectivity index (χ1v) is 5.08. The average Bonchev–Trinajstić information content (AvgIpc) is 2.08. The van der Waals surface area contributed by atoms with E-state index < -0.39 is 6.10 Å². The summed E-state index contributed by atoms with van der Waals surface area (Å²) in [5.41, 5.74) is 6.22. The minimum Gasteiger partial charge on any atom is -0.387 e. The Balaban J connectivity index is 3.07. The molecule has 0 aromatic heterocycles. The van der Waals surface area contributed by atoms with Gasteiger partial charge in [0.2, 0.25) is 0 Å². The fourth-order valence-electron chi connectivity index (χ4n) is 1.03. The molecular weight excluding hydrogens is 253 g/mol. The summed E-state index contributed by atoms with van der Waals surface area (Å²) in [5, 5.41) is 10.2. The Morgan fingerprint density at radius 2 is 2.15 bits per heavy atom. The van der Waals surface area contributed by atoms with Crippen molar-refractivity contribution in [1.29, 1.82) is 0 Å². The van der Waals surface area contributed by atoms with Crippen LogP contribution in [0.15, 0.2) is 22.7 Å². The van der Waals surface area contributed by atoms with Crippen molar-refractivity contribution in [2.75, 3.05) is 0 Å². The molecule has 1 aromatic carbocycles. The van der Waals surface area contributed by atoms with E-state index in [1.54, 1.807) is 13.0 Å². The third-order valence-electron chi connectivity index (χ3n) is 1.80. The zero-order valence-corrected chi connectivity index (χ0v) is 9.51. The summed E-state index contributed by atoms with van der Waals surface area (Å²) in [6, 6.07) is 5.07. The number of rotatable bonds is 2. The number of benzene rings is 1. The summed E-state index contributed by atoms with van der Waals surface area (Å²) in [6.07, 6.45) is -0.718. The standard InChI is InChI=1S/C9H11BrClNO/c1-5(12)9(13)6-3-2-4-7(10)8(6)11/h2-5,9,13H,12H2,1H3/t5-,9-/m0/s1. The van der Waals surface area contributed by atoms with Crippen LogP contribution in [-0.2, 0) is 0 Å². The Labute approximate surface area is 90.8 Å². The number of aliphatic hydroxyl groups excluding tert-OH is 1. The summed E-state index contributed by atoms with van der Waals surface area (Å²) in [7, 11) is 0. The van der Waals surface area contributed by atoms with Gasteiger partial charge in [-0.05, 0) is 28.9 Å². The van der Waals surface area contributed by atoms with Gasteiger partial charge in [0, 0.05) is 16.1 Å². The van der Waals surface area contributed by atoms with Gasteiger partial charge in [0.1, 0.15) is 0 Å². The molecule has 72 valence electrons. The lowest BCUT2D eigenvalue weighted by Crippen LogP contribution is -2.24. The SMILES string of the molecule is C[C@H](N)[C@H](O)c1cccc(Br)c1Cl. The molecule has 1 rings (SSSR count). The lowest BCUT2D eigenvalue weighted by Gasteiger charge is -2.16. The van der Waals surface area contributed by atoms with E-state index in [0.717, 1.165) is 4.47 Å². The Morgan fingerprint density at radius 3 is 2.69 bits per heavy atom. The van der Waals surface area contributed by atoms with Gasteiger partial charge in [-0.25, -0.2) is 0 Å². The number of hydrogen-bond donors (Lipinski definition) is 2. The second-order valence-electron chi connectivity index (χ2n) is 2.95. The largest absolute Gasteiger partial charge is 0.387 e. The van der Waals surface area contributed by atoms with Gasteiger partial charge in [0.15, 0.2) is 0 Å². The highest BCUT2D eigenvalue weighted by Crippen LogP contribution is 2.30. The highest BCUT2D eigenvalue weighted by atomic mass is 79.9. The molecule has 0 aliphatic carbocycles. The molecule has 3 N–H and O–H groups in total. The van der Waals surface area contributed by atoms with Gasteiger partial charge < -0.3 is 10.8 Å². The minimum atomic E-state index is -0.718. The van der Waals surface area contributed by atoms with Crippen molar-refractivity contribution in [1.82, 2.24) is 0 Å². The van der Waals surface area contributed by atoms with Crippen LogP contribution in [0.2, 0.25) is 5.02 Å². The Bertz CT molecular complexity index is 304.